The summed E-state index contributed by atoms with van der Waals surface area (Å²) in [4.78, 5) is 0. The molecule has 0 radical (unpaired) electrons. The second-order valence-electron chi connectivity index (χ2n) is 3.79. The van der Waals surface area contributed by atoms with Crippen molar-refractivity contribution in [2.75, 3.05) is 0 Å². The van der Waals surface area contributed by atoms with Crippen LogP contribution in [0.5, 0.6) is 5.75 Å². The third-order valence-electron chi connectivity index (χ3n) is 2.40. The molecular weight excluding hydrogens is 286 g/mol. The normalized spacial score (nSPS) is 11.5. The smallest absolute Gasteiger partial charge is 0.406 e. The van der Waals surface area contributed by atoms with Crippen molar-refractivity contribution in [3.05, 3.63) is 53.8 Å². The van der Waals surface area contributed by atoms with Crippen molar-refractivity contribution in [3.8, 4) is 16.9 Å². The van der Waals surface area contributed by atoms with Gasteiger partial charge in [0.15, 0.2) is 11.6 Å². The van der Waals surface area contributed by atoms with Crippen LogP contribution in [0.1, 0.15) is 0 Å². The molecule has 0 aliphatic heterocycles. The van der Waals surface area contributed by atoms with Gasteiger partial charge in [-0.3, -0.25) is 0 Å². The number of ether oxygens (including phenoxy) is 1. The van der Waals surface area contributed by atoms with Crippen LogP contribution in [0.15, 0.2) is 36.4 Å². The van der Waals surface area contributed by atoms with Gasteiger partial charge in [0.1, 0.15) is 11.6 Å². The van der Waals surface area contributed by atoms with Gasteiger partial charge in [-0.05, 0) is 29.8 Å². The molecule has 0 N–H and O–H groups in total. The average Bonchev–Trinajstić information content (AvgIpc) is 2.33. The maximum Gasteiger partial charge on any atom is 0.573 e. The Hall–Kier alpha value is -2.18. The molecular formula is C13H6F6O. The summed E-state index contributed by atoms with van der Waals surface area (Å²) in [5.74, 6) is -4.52. The molecule has 0 saturated carbocycles. The number of halogens is 6. The van der Waals surface area contributed by atoms with Crippen molar-refractivity contribution in [2.24, 2.45) is 0 Å². The Kier molecular flexibility index (Phi) is 3.61. The monoisotopic (exact) mass is 292 g/mol. The zero-order valence-corrected chi connectivity index (χ0v) is 9.64. The van der Waals surface area contributed by atoms with E-state index in [0.717, 1.165) is 24.3 Å². The zero-order chi connectivity index (χ0) is 14.9. The van der Waals surface area contributed by atoms with Crippen LogP contribution in [-0.2, 0) is 0 Å². The van der Waals surface area contributed by atoms with Crippen LogP contribution < -0.4 is 4.74 Å². The first kappa shape index (κ1) is 14.2. The van der Waals surface area contributed by atoms with E-state index in [4.69, 9.17) is 0 Å². The third kappa shape index (κ3) is 3.04. The van der Waals surface area contributed by atoms with Gasteiger partial charge < -0.3 is 4.74 Å². The minimum absolute atomic E-state index is 0.263. The highest BCUT2D eigenvalue weighted by Crippen LogP contribution is 2.31. The molecule has 0 unspecified atom stereocenters. The van der Waals surface area contributed by atoms with E-state index in [9.17, 15) is 26.3 Å². The summed E-state index contributed by atoms with van der Waals surface area (Å²) in [5, 5.41) is 0. The Labute approximate surface area is 109 Å². The zero-order valence-electron chi connectivity index (χ0n) is 9.64. The SMILES string of the molecule is Fc1ccc(F)c(-c2cccc(OC(F)(F)F)c2)c1F. The number of benzene rings is 2. The molecule has 2 aromatic rings. The predicted octanol–water partition coefficient (Wildman–Crippen LogP) is 4.67. The number of hydrogen-bond acceptors (Lipinski definition) is 1. The second-order valence-corrected chi connectivity index (χ2v) is 3.79. The molecule has 0 fully saturated rings. The summed E-state index contributed by atoms with van der Waals surface area (Å²) in [7, 11) is 0. The van der Waals surface area contributed by atoms with E-state index >= 15 is 0 Å². The standard InChI is InChI=1S/C13H6F6O/c14-9-4-5-10(15)12(16)11(9)7-2-1-3-8(6-7)20-13(17,18)19/h1-6H. The Morgan fingerprint density at radius 1 is 0.850 bits per heavy atom. The molecule has 0 heterocycles. The topological polar surface area (TPSA) is 9.23 Å². The van der Waals surface area contributed by atoms with Crippen molar-refractivity contribution >= 4 is 0 Å². The highest BCUT2D eigenvalue weighted by molar-refractivity contribution is 5.66. The fourth-order valence-corrected chi connectivity index (χ4v) is 1.64. The van der Waals surface area contributed by atoms with E-state index in [1.165, 1.54) is 0 Å². The Balaban J connectivity index is 2.49. The fourth-order valence-electron chi connectivity index (χ4n) is 1.64. The van der Waals surface area contributed by atoms with Crippen molar-refractivity contribution in [1.29, 1.82) is 0 Å². The highest BCUT2D eigenvalue weighted by Gasteiger charge is 2.31. The van der Waals surface area contributed by atoms with Gasteiger partial charge in [-0.25, -0.2) is 13.2 Å². The lowest BCUT2D eigenvalue weighted by atomic mass is 10.0. The van der Waals surface area contributed by atoms with Gasteiger partial charge in [0.25, 0.3) is 0 Å². The Morgan fingerprint density at radius 2 is 1.50 bits per heavy atom. The van der Waals surface area contributed by atoms with Crippen molar-refractivity contribution in [2.45, 2.75) is 6.36 Å². The van der Waals surface area contributed by atoms with Crippen LogP contribution in [0.3, 0.4) is 0 Å². The molecule has 0 spiro atoms. The van der Waals surface area contributed by atoms with E-state index in [0.29, 0.717) is 12.1 Å². The van der Waals surface area contributed by atoms with E-state index in [1.807, 2.05) is 0 Å². The van der Waals surface area contributed by atoms with Crippen LogP contribution in [0.2, 0.25) is 0 Å². The van der Waals surface area contributed by atoms with Crippen molar-refractivity contribution in [3.63, 3.8) is 0 Å². The van der Waals surface area contributed by atoms with Crippen LogP contribution in [0.25, 0.3) is 11.1 Å². The lowest BCUT2D eigenvalue weighted by Crippen LogP contribution is -2.17. The van der Waals surface area contributed by atoms with Gasteiger partial charge in [-0.2, -0.15) is 0 Å². The summed E-state index contributed by atoms with van der Waals surface area (Å²) in [6.07, 6.45) is -4.93. The van der Waals surface area contributed by atoms with Gasteiger partial charge in [-0.1, -0.05) is 12.1 Å². The molecule has 0 saturated heterocycles. The minimum atomic E-state index is -4.93. The summed E-state index contributed by atoms with van der Waals surface area (Å²) < 4.78 is 80.0. The first-order valence-corrected chi connectivity index (χ1v) is 5.27. The number of alkyl halides is 3. The van der Waals surface area contributed by atoms with Crippen LogP contribution >= 0.6 is 0 Å². The quantitative estimate of drug-likeness (QED) is 0.577. The average molecular weight is 292 g/mol. The maximum atomic E-state index is 13.5. The van der Waals surface area contributed by atoms with E-state index < -0.39 is 35.1 Å². The summed E-state index contributed by atoms with van der Waals surface area (Å²) in [5.41, 5.74) is -1.01. The van der Waals surface area contributed by atoms with Crippen molar-refractivity contribution in [1.82, 2.24) is 0 Å². The molecule has 0 bridgehead atoms. The predicted molar refractivity (Wildman–Crippen MR) is 58.4 cm³/mol. The van der Waals surface area contributed by atoms with Crippen LogP contribution in [0.4, 0.5) is 26.3 Å². The molecule has 0 aromatic heterocycles. The van der Waals surface area contributed by atoms with Crippen molar-refractivity contribution < 1.29 is 31.1 Å². The molecule has 1 nitrogen and oxygen atoms in total. The molecule has 2 aromatic carbocycles. The lowest BCUT2D eigenvalue weighted by molar-refractivity contribution is -0.274. The summed E-state index contributed by atoms with van der Waals surface area (Å²) >= 11 is 0. The molecule has 2 rings (SSSR count). The molecule has 0 amide bonds. The highest BCUT2D eigenvalue weighted by atomic mass is 19.4. The molecule has 0 aliphatic carbocycles. The minimum Gasteiger partial charge on any atom is -0.406 e. The van der Waals surface area contributed by atoms with E-state index in [1.54, 1.807) is 0 Å². The summed E-state index contributed by atoms with van der Waals surface area (Å²) in [6, 6.07) is 5.26. The Bertz CT molecular complexity index is 635. The Morgan fingerprint density at radius 3 is 2.15 bits per heavy atom. The molecule has 7 heteroatoms. The summed E-state index contributed by atoms with van der Waals surface area (Å²) in [6.45, 7) is 0. The maximum absolute atomic E-state index is 13.5. The van der Waals surface area contributed by atoms with Crippen LogP contribution in [0, 0.1) is 17.5 Å². The molecule has 106 valence electrons. The number of rotatable bonds is 2. The third-order valence-corrected chi connectivity index (χ3v) is 2.40. The molecule has 0 aliphatic rings. The van der Waals surface area contributed by atoms with E-state index in [2.05, 4.69) is 4.74 Å². The largest absolute Gasteiger partial charge is 0.573 e. The second kappa shape index (κ2) is 5.07. The lowest BCUT2D eigenvalue weighted by Gasteiger charge is -2.11. The van der Waals surface area contributed by atoms with Gasteiger partial charge in [0, 0.05) is 0 Å². The first-order chi connectivity index (χ1) is 9.28. The van der Waals surface area contributed by atoms with Gasteiger partial charge in [0.05, 0.1) is 5.56 Å². The van der Waals surface area contributed by atoms with Crippen LogP contribution in [-0.4, -0.2) is 6.36 Å². The number of hydrogen-bond donors (Lipinski definition) is 0. The van der Waals surface area contributed by atoms with Gasteiger partial charge in [-0.15, -0.1) is 13.2 Å². The first-order valence-electron chi connectivity index (χ1n) is 5.27. The van der Waals surface area contributed by atoms with E-state index in [-0.39, 0.29) is 5.56 Å². The van der Waals surface area contributed by atoms with Gasteiger partial charge in [0.2, 0.25) is 0 Å². The molecule has 0 atom stereocenters. The van der Waals surface area contributed by atoms with Gasteiger partial charge >= 0.3 is 6.36 Å². The fraction of sp³-hybridized carbons (Fsp3) is 0.0769. The molecule has 20 heavy (non-hydrogen) atoms.